The Balaban J connectivity index is -0.000000605. The van der Waals surface area contributed by atoms with Gasteiger partial charge < -0.3 is 1.43 Å². The van der Waals surface area contributed by atoms with Crippen molar-refractivity contribution in [2.45, 2.75) is 5.51 Å². The van der Waals surface area contributed by atoms with Crippen LogP contribution in [0.4, 0.5) is 13.2 Å². The smallest absolute Gasteiger partial charge is 1.00 e. The van der Waals surface area contributed by atoms with Gasteiger partial charge in [-0.1, -0.05) is 0 Å². The van der Waals surface area contributed by atoms with Crippen molar-refractivity contribution in [2.75, 3.05) is 0 Å². The SMILES string of the molecule is O=S(=O)(O)OS(=O)(=O)C(F)(F)F.[H-].[Li+]. The van der Waals surface area contributed by atoms with E-state index in [2.05, 4.69) is 3.63 Å². The maximum atomic E-state index is 11.3. The normalized spacial score (nSPS) is 13.5. The fourth-order valence-corrected chi connectivity index (χ4v) is 1.37. The Bertz CT molecular complexity index is 355. The van der Waals surface area contributed by atoms with E-state index in [1.165, 1.54) is 0 Å². The van der Waals surface area contributed by atoms with Crippen LogP contribution in [0.1, 0.15) is 1.43 Å². The Hall–Kier alpha value is 0.207. The van der Waals surface area contributed by atoms with Gasteiger partial charge in [0.05, 0.1) is 0 Å². The van der Waals surface area contributed by atoms with Crippen molar-refractivity contribution in [1.82, 2.24) is 0 Å². The molecule has 0 saturated heterocycles. The average Bonchev–Trinajstić information content (AvgIpc) is 1.52. The third kappa shape index (κ3) is 5.50. The Morgan fingerprint density at radius 1 is 1.15 bits per heavy atom. The molecular weight excluding hydrogens is 236 g/mol. The van der Waals surface area contributed by atoms with Crippen LogP contribution >= 0.6 is 0 Å². The first-order valence-electron chi connectivity index (χ1n) is 1.95. The Morgan fingerprint density at radius 2 is 1.46 bits per heavy atom. The predicted molar refractivity (Wildman–Crippen MR) is 28.7 cm³/mol. The molecule has 1 N–H and O–H groups in total. The van der Waals surface area contributed by atoms with Crippen LogP contribution < -0.4 is 18.9 Å². The molecule has 6 nitrogen and oxygen atoms in total. The molecule has 0 aromatic heterocycles. The summed E-state index contributed by atoms with van der Waals surface area (Å²) in [4.78, 5) is 0. The summed E-state index contributed by atoms with van der Waals surface area (Å²) in [6.07, 6.45) is 0. The van der Waals surface area contributed by atoms with Crippen LogP contribution in [0.5, 0.6) is 0 Å². The zero-order valence-electron chi connectivity index (χ0n) is 6.94. The van der Waals surface area contributed by atoms with Gasteiger partial charge in [0.2, 0.25) is 0 Å². The minimum absolute atomic E-state index is 0. The molecule has 0 spiro atoms. The first-order valence-corrected chi connectivity index (χ1v) is 4.73. The number of hydrogen-bond donors (Lipinski definition) is 1. The molecule has 0 aliphatic carbocycles. The molecule has 12 heteroatoms. The predicted octanol–water partition coefficient (Wildman–Crippen LogP) is -3.23. The molecule has 0 aliphatic heterocycles. The van der Waals surface area contributed by atoms with Gasteiger partial charge in [0.25, 0.3) is 0 Å². The van der Waals surface area contributed by atoms with Gasteiger partial charge in [0.1, 0.15) is 0 Å². The van der Waals surface area contributed by atoms with Crippen LogP contribution in [0, 0.1) is 0 Å². The van der Waals surface area contributed by atoms with E-state index < -0.39 is 26.0 Å². The molecule has 0 aromatic rings. The molecular formula is CH2F3LiO6S2. The van der Waals surface area contributed by atoms with Crippen molar-refractivity contribution in [1.29, 1.82) is 0 Å². The Kier molecular flexibility index (Phi) is 5.01. The molecule has 0 rings (SSSR count). The van der Waals surface area contributed by atoms with Gasteiger partial charge >= 0.3 is 44.9 Å². The summed E-state index contributed by atoms with van der Waals surface area (Å²) >= 11 is 0. The van der Waals surface area contributed by atoms with E-state index in [9.17, 15) is 30.0 Å². The molecule has 0 saturated carbocycles. The quantitative estimate of drug-likeness (QED) is 0.308. The van der Waals surface area contributed by atoms with E-state index >= 15 is 0 Å². The summed E-state index contributed by atoms with van der Waals surface area (Å²) in [6, 6.07) is 0. The fourth-order valence-electron chi connectivity index (χ4n) is 0.152. The molecule has 0 amide bonds. The van der Waals surface area contributed by atoms with Gasteiger partial charge in [-0.2, -0.15) is 30.0 Å². The van der Waals surface area contributed by atoms with E-state index in [0.717, 1.165) is 0 Å². The summed E-state index contributed by atoms with van der Waals surface area (Å²) in [6.45, 7) is 0. The van der Waals surface area contributed by atoms with Crippen molar-refractivity contribution in [3.63, 3.8) is 0 Å². The summed E-state index contributed by atoms with van der Waals surface area (Å²) < 4.78 is 82.4. The third-order valence-corrected chi connectivity index (χ3v) is 2.43. The Labute approximate surface area is 84.8 Å². The zero-order valence-corrected chi connectivity index (χ0v) is 7.57. The standard InChI is InChI=1S/CHF3O6S2.Li.H/c2-1(3,4)11(5,6)10-12(7,8)9;;/h(H,7,8,9);;/q;+1;-1. The van der Waals surface area contributed by atoms with Crippen LogP contribution in [0.15, 0.2) is 0 Å². The third-order valence-electron chi connectivity index (χ3n) is 0.459. The van der Waals surface area contributed by atoms with Crippen LogP contribution in [-0.2, 0) is 24.1 Å². The zero-order chi connectivity index (χ0) is 10.2. The Morgan fingerprint density at radius 3 is 1.54 bits per heavy atom. The fraction of sp³-hybridized carbons (Fsp3) is 1.00. The van der Waals surface area contributed by atoms with E-state index in [1.54, 1.807) is 0 Å². The number of alkyl halides is 3. The molecule has 0 heterocycles. The monoisotopic (exact) mass is 238 g/mol. The van der Waals surface area contributed by atoms with Crippen LogP contribution in [-0.4, -0.2) is 26.9 Å². The van der Waals surface area contributed by atoms with Gasteiger partial charge in [0.15, 0.2) is 0 Å². The maximum absolute atomic E-state index is 11.3. The van der Waals surface area contributed by atoms with Crippen molar-refractivity contribution >= 4 is 20.5 Å². The van der Waals surface area contributed by atoms with Gasteiger partial charge in [0, 0.05) is 0 Å². The van der Waals surface area contributed by atoms with E-state index in [-0.39, 0.29) is 20.3 Å². The second kappa shape index (κ2) is 4.16. The second-order valence-corrected chi connectivity index (χ2v) is 4.17. The van der Waals surface area contributed by atoms with Gasteiger partial charge in [-0.15, -0.1) is 3.63 Å². The minimum Gasteiger partial charge on any atom is -1.00 e. The number of hydrogen-bond acceptors (Lipinski definition) is 5. The summed E-state index contributed by atoms with van der Waals surface area (Å²) in [5.41, 5.74) is -5.89. The van der Waals surface area contributed by atoms with E-state index in [0.29, 0.717) is 0 Å². The van der Waals surface area contributed by atoms with Crippen molar-refractivity contribution in [2.24, 2.45) is 0 Å². The average molecular weight is 238 g/mol. The molecule has 0 fully saturated rings. The second-order valence-electron chi connectivity index (χ2n) is 1.40. The summed E-state index contributed by atoms with van der Waals surface area (Å²) in [5.74, 6) is 0. The number of rotatable bonds is 2. The molecule has 0 aromatic carbocycles. The minimum atomic E-state index is -6.29. The van der Waals surface area contributed by atoms with E-state index in [1.807, 2.05) is 0 Å². The van der Waals surface area contributed by atoms with Gasteiger partial charge in [-0.3, -0.25) is 4.55 Å². The van der Waals surface area contributed by atoms with Gasteiger partial charge in [-0.25, -0.2) is 0 Å². The first kappa shape index (κ1) is 15.7. The first-order chi connectivity index (χ1) is 4.96. The van der Waals surface area contributed by atoms with Crippen molar-refractivity contribution in [3.05, 3.63) is 0 Å². The molecule has 0 unspecified atom stereocenters. The van der Waals surface area contributed by atoms with Crippen LogP contribution in [0.25, 0.3) is 0 Å². The number of halogens is 3. The van der Waals surface area contributed by atoms with E-state index in [4.69, 9.17) is 4.55 Å². The molecule has 13 heavy (non-hydrogen) atoms. The van der Waals surface area contributed by atoms with Crippen molar-refractivity contribution < 1.29 is 58.5 Å². The molecule has 76 valence electrons. The molecule has 0 radical (unpaired) electrons. The summed E-state index contributed by atoms with van der Waals surface area (Å²) in [5, 5.41) is 0. The molecule has 0 bridgehead atoms. The van der Waals surface area contributed by atoms with Crippen LogP contribution in [0.2, 0.25) is 0 Å². The van der Waals surface area contributed by atoms with Gasteiger partial charge in [-0.05, 0) is 0 Å². The van der Waals surface area contributed by atoms with Crippen molar-refractivity contribution in [3.8, 4) is 0 Å². The molecule has 0 aliphatic rings. The summed E-state index contributed by atoms with van der Waals surface area (Å²) in [7, 11) is -12.0. The van der Waals surface area contributed by atoms with Crippen LogP contribution in [0.3, 0.4) is 0 Å². The maximum Gasteiger partial charge on any atom is 1.00 e. The largest absolute Gasteiger partial charge is 1.00 e. The topological polar surface area (TPSA) is 97.7 Å². The molecule has 0 atom stereocenters.